The number of halogens is 3. The average molecular weight is 289 g/mol. The molecule has 6 heteroatoms. The van der Waals surface area contributed by atoms with Gasteiger partial charge in [-0.25, -0.2) is 0 Å². The number of para-hydroxylation sites is 1. The van der Waals surface area contributed by atoms with E-state index in [4.69, 9.17) is 0 Å². The second-order valence-electron chi connectivity index (χ2n) is 4.44. The van der Waals surface area contributed by atoms with Crippen LogP contribution in [-0.4, -0.2) is 14.8 Å². The summed E-state index contributed by atoms with van der Waals surface area (Å²) < 4.78 is 40.0. The summed E-state index contributed by atoms with van der Waals surface area (Å²) in [4.78, 5) is 0. The highest BCUT2D eigenvalue weighted by molar-refractivity contribution is 5.59. The molecule has 106 valence electrons. The van der Waals surface area contributed by atoms with Gasteiger partial charge in [0, 0.05) is 11.3 Å². The van der Waals surface area contributed by atoms with Crippen molar-refractivity contribution in [2.75, 3.05) is 0 Å². The fourth-order valence-corrected chi connectivity index (χ4v) is 2.04. The Kier molecular flexibility index (Phi) is 3.21. The first-order valence-corrected chi connectivity index (χ1v) is 6.19. The van der Waals surface area contributed by atoms with Gasteiger partial charge in [-0.2, -0.15) is 13.2 Å². The van der Waals surface area contributed by atoms with Crippen molar-refractivity contribution >= 4 is 0 Å². The molecule has 0 amide bonds. The van der Waals surface area contributed by atoms with Gasteiger partial charge in [0.25, 0.3) is 0 Å². The molecular formula is C15H10F3N3. The molecule has 1 aromatic heterocycles. The van der Waals surface area contributed by atoms with Crippen LogP contribution in [0.25, 0.3) is 17.1 Å². The second-order valence-corrected chi connectivity index (χ2v) is 4.44. The molecule has 1 heterocycles. The first-order valence-electron chi connectivity index (χ1n) is 6.19. The van der Waals surface area contributed by atoms with E-state index in [9.17, 15) is 13.2 Å². The smallest absolute Gasteiger partial charge is 0.282 e. The Bertz CT molecular complexity index is 748. The van der Waals surface area contributed by atoms with Gasteiger partial charge in [0.15, 0.2) is 5.82 Å². The SMILES string of the molecule is FC(F)(F)c1cccc(-c2nncn2-c2ccccc2)c1. The quantitative estimate of drug-likeness (QED) is 0.715. The molecule has 0 spiro atoms. The average Bonchev–Trinajstić information content (AvgIpc) is 2.97. The van der Waals surface area contributed by atoms with Gasteiger partial charge < -0.3 is 0 Å². The number of nitrogens with zero attached hydrogens (tertiary/aromatic N) is 3. The zero-order valence-electron chi connectivity index (χ0n) is 10.7. The van der Waals surface area contributed by atoms with Crippen molar-refractivity contribution in [2.45, 2.75) is 6.18 Å². The summed E-state index contributed by atoms with van der Waals surface area (Å²) in [5, 5.41) is 7.73. The number of benzene rings is 2. The van der Waals surface area contributed by atoms with E-state index >= 15 is 0 Å². The normalized spacial score (nSPS) is 11.6. The van der Waals surface area contributed by atoms with Crippen LogP contribution in [0.5, 0.6) is 0 Å². The molecule has 0 aliphatic rings. The lowest BCUT2D eigenvalue weighted by molar-refractivity contribution is -0.137. The zero-order valence-corrected chi connectivity index (χ0v) is 10.7. The van der Waals surface area contributed by atoms with E-state index in [0.717, 1.165) is 17.8 Å². The maximum atomic E-state index is 12.8. The lowest BCUT2D eigenvalue weighted by Crippen LogP contribution is -2.05. The Hall–Kier alpha value is -2.63. The van der Waals surface area contributed by atoms with Crippen LogP contribution in [0, 0.1) is 0 Å². The van der Waals surface area contributed by atoms with E-state index in [2.05, 4.69) is 10.2 Å². The highest BCUT2D eigenvalue weighted by Gasteiger charge is 2.30. The fourth-order valence-electron chi connectivity index (χ4n) is 2.04. The summed E-state index contributed by atoms with van der Waals surface area (Å²) in [6.45, 7) is 0. The number of alkyl halides is 3. The molecule has 3 rings (SSSR count). The van der Waals surface area contributed by atoms with Crippen molar-refractivity contribution in [3.63, 3.8) is 0 Å². The summed E-state index contributed by atoms with van der Waals surface area (Å²) in [6, 6.07) is 14.3. The van der Waals surface area contributed by atoms with Crippen LogP contribution in [0.1, 0.15) is 5.56 Å². The van der Waals surface area contributed by atoms with E-state index in [-0.39, 0.29) is 0 Å². The van der Waals surface area contributed by atoms with Gasteiger partial charge in [0.05, 0.1) is 5.56 Å². The molecule has 3 aromatic rings. The summed E-state index contributed by atoms with van der Waals surface area (Å²) in [6.07, 6.45) is -2.90. The summed E-state index contributed by atoms with van der Waals surface area (Å²) in [5.74, 6) is 0.368. The molecule has 0 aliphatic heterocycles. The molecule has 0 radical (unpaired) electrons. The maximum Gasteiger partial charge on any atom is 0.416 e. The van der Waals surface area contributed by atoms with Gasteiger partial charge >= 0.3 is 6.18 Å². The van der Waals surface area contributed by atoms with Crippen molar-refractivity contribution in [1.82, 2.24) is 14.8 Å². The van der Waals surface area contributed by atoms with E-state index < -0.39 is 11.7 Å². The number of hydrogen-bond acceptors (Lipinski definition) is 2. The lowest BCUT2D eigenvalue weighted by atomic mass is 10.1. The van der Waals surface area contributed by atoms with E-state index in [1.54, 1.807) is 10.6 Å². The van der Waals surface area contributed by atoms with E-state index in [1.165, 1.54) is 12.4 Å². The minimum atomic E-state index is -4.38. The molecule has 0 atom stereocenters. The molecular weight excluding hydrogens is 279 g/mol. The van der Waals surface area contributed by atoms with Gasteiger partial charge in [-0.1, -0.05) is 30.3 Å². The highest BCUT2D eigenvalue weighted by atomic mass is 19.4. The fraction of sp³-hybridized carbons (Fsp3) is 0.0667. The minimum Gasteiger partial charge on any atom is -0.282 e. The van der Waals surface area contributed by atoms with Gasteiger partial charge in [-0.05, 0) is 24.3 Å². The minimum absolute atomic E-state index is 0.367. The molecule has 0 bridgehead atoms. The van der Waals surface area contributed by atoms with Crippen molar-refractivity contribution in [1.29, 1.82) is 0 Å². The number of rotatable bonds is 2. The summed E-state index contributed by atoms with van der Waals surface area (Å²) in [5.41, 5.74) is 0.448. The van der Waals surface area contributed by atoms with Crippen LogP contribution in [0.4, 0.5) is 13.2 Å². The van der Waals surface area contributed by atoms with Crippen molar-refractivity contribution < 1.29 is 13.2 Å². The van der Waals surface area contributed by atoms with Crippen LogP contribution in [0.3, 0.4) is 0 Å². The second kappa shape index (κ2) is 5.05. The Morgan fingerprint density at radius 3 is 2.38 bits per heavy atom. The highest BCUT2D eigenvalue weighted by Crippen LogP contribution is 2.32. The monoisotopic (exact) mass is 289 g/mol. The van der Waals surface area contributed by atoms with Crippen LogP contribution in [0.2, 0.25) is 0 Å². The topological polar surface area (TPSA) is 30.7 Å². The molecule has 21 heavy (non-hydrogen) atoms. The third-order valence-electron chi connectivity index (χ3n) is 3.03. The Labute approximate surface area is 118 Å². The molecule has 0 saturated carbocycles. The maximum absolute atomic E-state index is 12.8. The number of aromatic nitrogens is 3. The molecule has 0 saturated heterocycles. The zero-order chi connectivity index (χ0) is 14.9. The predicted molar refractivity (Wildman–Crippen MR) is 71.8 cm³/mol. The van der Waals surface area contributed by atoms with E-state index in [1.807, 2.05) is 30.3 Å². The Balaban J connectivity index is 2.09. The van der Waals surface area contributed by atoms with Crippen LogP contribution < -0.4 is 0 Å². The molecule has 0 unspecified atom stereocenters. The Morgan fingerprint density at radius 2 is 1.67 bits per heavy atom. The van der Waals surface area contributed by atoms with Crippen LogP contribution >= 0.6 is 0 Å². The van der Waals surface area contributed by atoms with Gasteiger partial charge in [-0.3, -0.25) is 4.57 Å². The molecule has 3 nitrogen and oxygen atoms in total. The van der Waals surface area contributed by atoms with Gasteiger partial charge in [0.1, 0.15) is 6.33 Å². The summed E-state index contributed by atoms with van der Waals surface area (Å²) in [7, 11) is 0. The Morgan fingerprint density at radius 1 is 0.905 bits per heavy atom. The van der Waals surface area contributed by atoms with E-state index in [0.29, 0.717) is 11.4 Å². The van der Waals surface area contributed by atoms with Crippen LogP contribution in [0.15, 0.2) is 60.9 Å². The lowest BCUT2D eigenvalue weighted by Gasteiger charge is -2.10. The molecule has 0 fully saturated rings. The van der Waals surface area contributed by atoms with Crippen LogP contribution in [-0.2, 0) is 6.18 Å². The largest absolute Gasteiger partial charge is 0.416 e. The van der Waals surface area contributed by atoms with Crippen molar-refractivity contribution in [3.05, 3.63) is 66.5 Å². The predicted octanol–water partition coefficient (Wildman–Crippen LogP) is 3.95. The standard InChI is InChI=1S/C15H10F3N3/c16-15(17,18)12-6-4-5-11(9-12)14-20-19-10-21(14)13-7-2-1-3-8-13/h1-10H. The van der Waals surface area contributed by atoms with Gasteiger partial charge in [0.2, 0.25) is 0 Å². The first kappa shape index (κ1) is 13.4. The molecule has 2 aromatic carbocycles. The molecule has 0 aliphatic carbocycles. The molecule has 0 N–H and O–H groups in total. The summed E-state index contributed by atoms with van der Waals surface area (Å²) >= 11 is 0. The third kappa shape index (κ3) is 2.65. The third-order valence-corrected chi connectivity index (χ3v) is 3.03. The van der Waals surface area contributed by atoms with Crippen molar-refractivity contribution in [2.24, 2.45) is 0 Å². The van der Waals surface area contributed by atoms with Crippen molar-refractivity contribution in [3.8, 4) is 17.1 Å². The number of hydrogen-bond donors (Lipinski definition) is 0. The van der Waals surface area contributed by atoms with Gasteiger partial charge in [-0.15, -0.1) is 10.2 Å². The first-order chi connectivity index (χ1) is 10.1.